The van der Waals surface area contributed by atoms with E-state index < -0.39 is 16.0 Å². The van der Waals surface area contributed by atoms with Crippen molar-refractivity contribution in [3.8, 4) is 0 Å². The summed E-state index contributed by atoms with van der Waals surface area (Å²) in [5, 5.41) is 10.9. The number of nitrogens with one attached hydrogen (secondary N) is 1. The van der Waals surface area contributed by atoms with Crippen molar-refractivity contribution in [2.24, 2.45) is 0 Å². The second-order valence-corrected chi connectivity index (χ2v) is 4.08. The molecule has 0 aliphatic carbocycles. The molecule has 0 aliphatic heterocycles. The number of rotatable bonds is 1. The van der Waals surface area contributed by atoms with Crippen LogP contribution in [0.15, 0.2) is 29.2 Å². The van der Waals surface area contributed by atoms with Gasteiger partial charge in [0.15, 0.2) is 0 Å². The lowest BCUT2D eigenvalue weighted by Crippen LogP contribution is -2.10. The first-order valence-corrected chi connectivity index (χ1v) is 5.13. The zero-order chi connectivity index (χ0) is 11.0. The van der Waals surface area contributed by atoms with E-state index in [4.69, 9.17) is 0 Å². The van der Waals surface area contributed by atoms with Gasteiger partial charge in [-0.2, -0.15) is 0 Å². The Morgan fingerprint density at radius 2 is 2.13 bits per heavy atom. The third-order valence-corrected chi connectivity index (χ3v) is 2.93. The molecule has 0 fully saturated rings. The van der Waals surface area contributed by atoms with Gasteiger partial charge >= 0.3 is 5.69 Å². The molecule has 0 atom stereocenters. The highest BCUT2D eigenvalue weighted by Gasteiger charge is 2.15. The summed E-state index contributed by atoms with van der Waals surface area (Å²) in [4.78, 5) is 24.3. The molecular formula is C9H5IN2O3. The van der Waals surface area contributed by atoms with E-state index in [1.807, 2.05) is 22.6 Å². The lowest BCUT2D eigenvalue weighted by atomic mass is 10.2. The second kappa shape index (κ2) is 3.61. The number of H-pyrrole nitrogens is 1. The van der Waals surface area contributed by atoms with Crippen LogP contribution >= 0.6 is 22.6 Å². The van der Waals surface area contributed by atoms with Gasteiger partial charge in [-0.25, -0.2) is 0 Å². The van der Waals surface area contributed by atoms with Crippen molar-refractivity contribution in [3.63, 3.8) is 0 Å². The minimum atomic E-state index is -0.679. The third kappa shape index (κ3) is 1.60. The topological polar surface area (TPSA) is 76.0 Å². The van der Waals surface area contributed by atoms with Gasteiger partial charge in [0, 0.05) is 3.57 Å². The van der Waals surface area contributed by atoms with Crippen LogP contribution in [0, 0.1) is 13.7 Å². The SMILES string of the molecule is O=c1c([N+](=O)[O-])c[nH]c2cccc(I)c12. The maximum Gasteiger partial charge on any atom is 0.332 e. The minimum Gasteiger partial charge on any atom is -0.355 e. The Hall–Kier alpha value is -1.44. The van der Waals surface area contributed by atoms with Crippen molar-refractivity contribution < 1.29 is 4.92 Å². The first-order valence-electron chi connectivity index (χ1n) is 4.05. The van der Waals surface area contributed by atoms with E-state index in [0.29, 0.717) is 14.5 Å². The Kier molecular flexibility index (Phi) is 2.43. The number of aromatic nitrogens is 1. The molecule has 0 bridgehead atoms. The maximum absolute atomic E-state index is 11.7. The first-order chi connectivity index (χ1) is 7.11. The molecule has 5 nitrogen and oxygen atoms in total. The molecule has 1 aromatic carbocycles. The number of nitro groups is 1. The zero-order valence-electron chi connectivity index (χ0n) is 7.36. The first kappa shape index (κ1) is 10.1. The van der Waals surface area contributed by atoms with Crippen LogP contribution in [0.3, 0.4) is 0 Å². The van der Waals surface area contributed by atoms with Gasteiger partial charge in [0.1, 0.15) is 0 Å². The summed E-state index contributed by atoms with van der Waals surface area (Å²) in [5.74, 6) is 0. The Labute approximate surface area is 97.4 Å². The molecular weight excluding hydrogens is 311 g/mol. The molecule has 0 saturated carbocycles. The van der Waals surface area contributed by atoms with Crippen LogP contribution in [0.2, 0.25) is 0 Å². The van der Waals surface area contributed by atoms with Gasteiger partial charge in [-0.3, -0.25) is 14.9 Å². The fraction of sp³-hybridized carbons (Fsp3) is 0. The molecule has 76 valence electrons. The number of pyridine rings is 1. The molecule has 2 rings (SSSR count). The number of benzene rings is 1. The highest BCUT2D eigenvalue weighted by Crippen LogP contribution is 2.17. The van der Waals surface area contributed by atoms with Crippen LogP contribution in [0.25, 0.3) is 10.9 Å². The van der Waals surface area contributed by atoms with Crippen LogP contribution in [0.4, 0.5) is 5.69 Å². The van der Waals surface area contributed by atoms with Gasteiger partial charge in [0.05, 0.1) is 22.0 Å². The molecule has 1 heterocycles. The van der Waals surface area contributed by atoms with Crippen molar-refractivity contribution >= 4 is 39.2 Å². The molecule has 2 aromatic rings. The van der Waals surface area contributed by atoms with E-state index >= 15 is 0 Å². The largest absolute Gasteiger partial charge is 0.355 e. The predicted octanol–water partition coefficient (Wildman–Crippen LogP) is 2.04. The summed E-state index contributed by atoms with van der Waals surface area (Å²) < 4.78 is 0.704. The molecule has 15 heavy (non-hydrogen) atoms. The van der Waals surface area contributed by atoms with Crippen molar-refractivity contribution in [1.82, 2.24) is 4.98 Å². The average molecular weight is 316 g/mol. The molecule has 0 saturated heterocycles. The fourth-order valence-electron chi connectivity index (χ4n) is 1.35. The molecule has 0 aliphatic rings. The molecule has 0 amide bonds. The van der Waals surface area contributed by atoms with Gasteiger partial charge in [0.25, 0.3) is 5.43 Å². The Bertz CT molecular complexity index is 606. The number of nitrogens with zero attached hydrogens (tertiary/aromatic N) is 1. The number of hydrogen-bond acceptors (Lipinski definition) is 3. The van der Waals surface area contributed by atoms with Crippen molar-refractivity contribution in [2.45, 2.75) is 0 Å². The molecule has 1 N–H and O–H groups in total. The summed E-state index contributed by atoms with van der Waals surface area (Å²) in [6.07, 6.45) is 1.13. The van der Waals surface area contributed by atoms with E-state index in [1.165, 1.54) is 0 Å². The average Bonchev–Trinajstić information content (AvgIpc) is 2.17. The fourth-order valence-corrected chi connectivity index (χ4v) is 2.09. The maximum atomic E-state index is 11.7. The monoisotopic (exact) mass is 316 g/mol. The smallest absolute Gasteiger partial charge is 0.332 e. The van der Waals surface area contributed by atoms with E-state index in [-0.39, 0.29) is 0 Å². The minimum absolute atomic E-state index is 0.368. The summed E-state index contributed by atoms with van der Waals surface area (Å²) in [6, 6.07) is 5.23. The number of aromatic amines is 1. The van der Waals surface area contributed by atoms with E-state index in [2.05, 4.69) is 4.98 Å². The summed E-state index contributed by atoms with van der Waals surface area (Å²) in [7, 11) is 0. The number of halogens is 1. The highest BCUT2D eigenvalue weighted by atomic mass is 127. The normalized spacial score (nSPS) is 10.5. The number of hydrogen-bond donors (Lipinski definition) is 1. The second-order valence-electron chi connectivity index (χ2n) is 2.92. The summed E-state index contributed by atoms with van der Waals surface area (Å²) >= 11 is 1.98. The van der Waals surface area contributed by atoms with E-state index in [1.54, 1.807) is 18.2 Å². The quantitative estimate of drug-likeness (QED) is 0.497. The van der Waals surface area contributed by atoms with E-state index in [0.717, 1.165) is 6.20 Å². The molecule has 6 heteroatoms. The number of fused-ring (bicyclic) bond motifs is 1. The molecule has 0 spiro atoms. The van der Waals surface area contributed by atoms with E-state index in [9.17, 15) is 14.9 Å². The Morgan fingerprint density at radius 1 is 1.40 bits per heavy atom. The van der Waals surface area contributed by atoms with Crippen LogP contribution in [0.5, 0.6) is 0 Å². The van der Waals surface area contributed by atoms with Crippen LogP contribution in [0.1, 0.15) is 0 Å². The van der Waals surface area contributed by atoms with Gasteiger partial charge in [-0.05, 0) is 34.7 Å². The van der Waals surface area contributed by atoms with Crippen LogP contribution < -0.4 is 5.43 Å². The van der Waals surface area contributed by atoms with Crippen molar-refractivity contribution in [2.75, 3.05) is 0 Å². The zero-order valence-corrected chi connectivity index (χ0v) is 9.52. The van der Waals surface area contributed by atoms with Crippen LogP contribution in [-0.2, 0) is 0 Å². The lowest BCUT2D eigenvalue weighted by molar-refractivity contribution is -0.386. The third-order valence-electron chi connectivity index (χ3n) is 2.03. The molecule has 0 radical (unpaired) electrons. The van der Waals surface area contributed by atoms with Gasteiger partial charge < -0.3 is 4.98 Å². The lowest BCUT2D eigenvalue weighted by Gasteiger charge is -1.99. The van der Waals surface area contributed by atoms with Crippen LogP contribution in [-0.4, -0.2) is 9.91 Å². The van der Waals surface area contributed by atoms with Crippen molar-refractivity contribution in [3.05, 3.63) is 48.3 Å². The Morgan fingerprint density at radius 3 is 2.80 bits per heavy atom. The van der Waals surface area contributed by atoms with Gasteiger partial charge in [-0.15, -0.1) is 0 Å². The standard InChI is InChI=1S/C9H5IN2O3/c10-5-2-1-3-6-8(5)9(13)7(4-11-6)12(14)15/h1-4H,(H,11,13). The molecule has 1 aromatic heterocycles. The summed E-state index contributed by atoms with van der Waals surface area (Å²) in [5.41, 5.74) is -0.358. The van der Waals surface area contributed by atoms with Gasteiger partial charge in [0.2, 0.25) is 0 Å². The molecule has 0 unspecified atom stereocenters. The van der Waals surface area contributed by atoms with Crippen molar-refractivity contribution in [1.29, 1.82) is 0 Å². The highest BCUT2D eigenvalue weighted by molar-refractivity contribution is 14.1. The summed E-state index contributed by atoms with van der Waals surface area (Å²) in [6.45, 7) is 0. The predicted molar refractivity (Wildman–Crippen MR) is 63.9 cm³/mol. The Balaban J connectivity index is 2.96. The van der Waals surface area contributed by atoms with Gasteiger partial charge in [-0.1, -0.05) is 6.07 Å².